The monoisotopic (exact) mass is 320 g/mol. The first-order valence-electron chi connectivity index (χ1n) is 7.90. The summed E-state index contributed by atoms with van der Waals surface area (Å²) in [7, 11) is -3.26. The Morgan fingerprint density at radius 3 is 2.55 bits per heavy atom. The Morgan fingerprint density at radius 1 is 1.23 bits per heavy atom. The van der Waals surface area contributed by atoms with E-state index in [1.807, 2.05) is 32.0 Å². The zero-order valence-electron chi connectivity index (χ0n) is 13.3. The maximum atomic E-state index is 12.6. The van der Waals surface area contributed by atoms with Crippen molar-refractivity contribution in [1.29, 1.82) is 5.26 Å². The van der Waals surface area contributed by atoms with E-state index in [0.717, 1.165) is 6.42 Å². The van der Waals surface area contributed by atoms with E-state index in [4.69, 9.17) is 5.26 Å². The average Bonchev–Trinajstić information content (AvgIpc) is 2.80. The van der Waals surface area contributed by atoms with Crippen molar-refractivity contribution in [3.05, 3.63) is 35.9 Å². The van der Waals surface area contributed by atoms with Gasteiger partial charge in [-0.2, -0.15) is 9.57 Å². The molecule has 0 amide bonds. The van der Waals surface area contributed by atoms with Crippen molar-refractivity contribution in [3.63, 3.8) is 0 Å². The molecular weight excluding hydrogens is 296 g/mol. The van der Waals surface area contributed by atoms with Crippen LogP contribution in [0, 0.1) is 11.3 Å². The van der Waals surface area contributed by atoms with Crippen LogP contribution in [0.25, 0.3) is 0 Å². The van der Waals surface area contributed by atoms with Gasteiger partial charge in [0.1, 0.15) is 0 Å². The number of benzene rings is 1. The van der Waals surface area contributed by atoms with Crippen LogP contribution in [0.5, 0.6) is 0 Å². The lowest BCUT2D eigenvalue weighted by Crippen LogP contribution is -2.40. The van der Waals surface area contributed by atoms with E-state index in [0.29, 0.717) is 19.3 Å². The minimum absolute atomic E-state index is 0.0154. The second kappa shape index (κ2) is 7.26. The van der Waals surface area contributed by atoms with Crippen LogP contribution in [0.1, 0.15) is 51.0 Å². The lowest BCUT2D eigenvalue weighted by molar-refractivity contribution is 0.343. The van der Waals surface area contributed by atoms with Gasteiger partial charge in [-0.1, -0.05) is 30.3 Å². The number of rotatable bonds is 6. The highest BCUT2D eigenvalue weighted by Crippen LogP contribution is 2.39. The highest BCUT2D eigenvalue weighted by Gasteiger charge is 2.42. The molecule has 0 aliphatic carbocycles. The van der Waals surface area contributed by atoms with Crippen molar-refractivity contribution in [2.75, 3.05) is 5.75 Å². The van der Waals surface area contributed by atoms with E-state index in [9.17, 15) is 8.42 Å². The van der Waals surface area contributed by atoms with E-state index in [-0.39, 0.29) is 23.8 Å². The number of hydrogen-bond donors (Lipinski definition) is 0. The van der Waals surface area contributed by atoms with Gasteiger partial charge in [0.25, 0.3) is 0 Å². The Labute approximate surface area is 133 Å². The van der Waals surface area contributed by atoms with Gasteiger partial charge in [-0.25, -0.2) is 8.42 Å². The number of nitriles is 1. The molecule has 0 bridgehead atoms. The molecule has 1 aliphatic heterocycles. The summed E-state index contributed by atoms with van der Waals surface area (Å²) < 4.78 is 27.0. The zero-order valence-corrected chi connectivity index (χ0v) is 14.1. The molecule has 1 aromatic rings. The topological polar surface area (TPSA) is 61.2 Å². The molecule has 1 heterocycles. The molecule has 1 aromatic carbocycles. The lowest BCUT2D eigenvalue weighted by Gasteiger charge is -2.27. The van der Waals surface area contributed by atoms with Crippen molar-refractivity contribution < 1.29 is 8.42 Å². The minimum atomic E-state index is -3.26. The molecule has 3 atom stereocenters. The molecule has 1 aliphatic rings. The van der Waals surface area contributed by atoms with E-state index < -0.39 is 10.0 Å². The van der Waals surface area contributed by atoms with Gasteiger partial charge in [0.05, 0.1) is 11.8 Å². The smallest absolute Gasteiger partial charge is 0.212 e. The molecule has 5 heteroatoms. The second-order valence-corrected chi connectivity index (χ2v) is 8.10. The van der Waals surface area contributed by atoms with Crippen LogP contribution in [0.3, 0.4) is 0 Å². The predicted molar refractivity (Wildman–Crippen MR) is 87.8 cm³/mol. The van der Waals surface area contributed by atoms with Crippen molar-refractivity contribution in [1.82, 2.24) is 4.31 Å². The maximum Gasteiger partial charge on any atom is 0.214 e. The molecule has 1 saturated heterocycles. The molecular formula is C17H24N2O2S. The van der Waals surface area contributed by atoms with Crippen LogP contribution in [-0.2, 0) is 10.0 Å². The second-order valence-electron chi connectivity index (χ2n) is 6.10. The first-order chi connectivity index (χ1) is 10.5. The van der Waals surface area contributed by atoms with Gasteiger partial charge in [0.2, 0.25) is 10.0 Å². The number of sulfonamides is 1. The first-order valence-corrected chi connectivity index (χ1v) is 9.51. The van der Waals surface area contributed by atoms with E-state index in [1.165, 1.54) is 5.56 Å². The Morgan fingerprint density at radius 2 is 1.91 bits per heavy atom. The fourth-order valence-corrected chi connectivity index (χ4v) is 5.55. The van der Waals surface area contributed by atoms with Crippen molar-refractivity contribution >= 4 is 10.0 Å². The van der Waals surface area contributed by atoms with Gasteiger partial charge >= 0.3 is 0 Å². The third kappa shape index (κ3) is 3.68. The minimum Gasteiger partial charge on any atom is -0.212 e. The van der Waals surface area contributed by atoms with Crippen LogP contribution < -0.4 is 0 Å². The first kappa shape index (κ1) is 17.0. The summed E-state index contributed by atoms with van der Waals surface area (Å²) in [5.74, 6) is 0.398. The van der Waals surface area contributed by atoms with Crippen molar-refractivity contribution in [2.45, 2.75) is 57.5 Å². The largest absolute Gasteiger partial charge is 0.214 e. The molecule has 0 aromatic heterocycles. The maximum absolute atomic E-state index is 12.6. The summed E-state index contributed by atoms with van der Waals surface area (Å²) in [4.78, 5) is 0. The van der Waals surface area contributed by atoms with Crippen LogP contribution in [-0.4, -0.2) is 30.6 Å². The van der Waals surface area contributed by atoms with Crippen LogP contribution in [0.15, 0.2) is 30.3 Å². The molecule has 0 saturated carbocycles. The Balaban J connectivity index is 2.10. The summed E-state index contributed by atoms with van der Waals surface area (Å²) in [5.41, 5.74) is 1.21. The molecule has 4 nitrogen and oxygen atoms in total. The molecule has 22 heavy (non-hydrogen) atoms. The molecule has 0 radical (unpaired) electrons. The fraction of sp³-hybridized carbons (Fsp3) is 0.588. The summed E-state index contributed by atoms with van der Waals surface area (Å²) in [6.07, 6.45) is 2.49. The Bertz CT molecular complexity index is 622. The van der Waals surface area contributed by atoms with Crippen LogP contribution in [0.2, 0.25) is 0 Å². The van der Waals surface area contributed by atoms with E-state index in [2.05, 4.69) is 18.2 Å². The molecule has 0 unspecified atom stereocenters. The normalized spacial score (nSPS) is 26.0. The molecule has 120 valence electrons. The van der Waals surface area contributed by atoms with Crippen LogP contribution in [0.4, 0.5) is 0 Å². The predicted octanol–water partition coefficient (Wildman–Crippen LogP) is 3.28. The Kier molecular flexibility index (Phi) is 5.60. The quantitative estimate of drug-likeness (QED) is 0.756. The van der Waals surface area contributed by atoms with E-state index >= 15 is 0 Å². The van der Waals surface area contributed by atoms with Crippen molar-refractivity contribution in [2.24, 2.45) is 0 Å². The third-order valence-corrected chi connectivity index (χ3v) is 6.64. The standard InChI is InChI=1S/C17H24N2O2S/c1-14-13-17(16-9-5-3-6-10-16)15(2)19(14)22(20,21)12-8-4-7-11-18/h3,5-6,9-10,14-15,17H,4,7-8,12-13H2,1-2H3/t14-,15-,17+/m1/s1. The average molecular weight is 320 g/mol. The summed E-state index contributed by atoms with van der Waals surface area (Å²) >= 11 is 0. The summed E-state index contributed by atoms with van der Waals surface area (Å²) in [6, 6.07) is 12.2. The van der Waals surface area contributed by atoms with Gasteiger partial charge < -0.3 is 0 Å². The lowest BCUT2D eigenvalue weighted by atomic mass is 9.92. The third-order valence-electron chi connectivity index (χ3n) is 4.50. The number of unbranched alkanes of at least 4 members (excludes halogenated alkanes) is 2. The number of nitrogens with zero attached hydrogens (tertiary/aromatic N) is 2. The van der Waals surface area contributed by atoms with Gasteiger partial charge in [-0.05, 0) is 38.7 Å². The van der Waals surface area contributed by atoms with Crippen LogP contribution >= 0.6 is 0 Å². The molecule has 0 spiro atoms. The highest BCUT2D eigenvalue weighted by molar-refractivity contribution is 7.89. The zero-order chi connectivity index (χ0) is 16.2. The number of hydrogen-bond acceptors (Lipinski definition) is 3. The summed E-state index contributed by atoms with van der Waals surface area (Å²) in [5, 5.41) is 8.54. The fourth-order valence-electron chi connectivity index (χ4n) is 3.48. The molecule has 2 rings (SSSR count). The molecule has 1 fully saturated rings. The molecule has 0 N–H and O–H groups in total. The Hall–Kier alpha value is -1.38. The summed E-state index contributed by atoms with van der Waals surface area (Å²) in [6.45, 7) is 4.00. The van der Waals surface area contributed by atoms with Gasteiger partial charge in [0.15, 0.2) is 0 Å². The van der Waals surface area contributed by atoms with Gasteiger partial charge in [-0.3, -0.25) is 0 Å². The van der Waals surface area contributed by atoms with Crippen molar-refractivity contribution in [3.8, 4) is 6.07 Å². The SMILES string of the molecule is C[C@@H]1C[C@H](c2ccccc2)[C@@H](C)N1S(=O)(=O)CCCCC#N. The van der Waals surface area contributed by atoms with Gasteiger partial charge in [0, 0.05) is 24.4 Å². The van der Waals surface area contributed by atoms with E-state index in [1.54, 1.807) is 4.31 Å². The highest BCUT2D eigenvalue weighted by atomic mass is 32.2. The van der Waals surface area contributed by atoms with Gasteiger partial charge in [-0.15, -0.1) is 0 Å².